The molecule has 9 heavy (non-hydrogen) atoms. The Hall–Kier alpha value is -0.990. The number of aryl methyl sites for hydroxylation is 1. The number of aromatic nitrogens is 2. The van der Waals surface area contributed by atoms with Gasteiger partial charge in [-0.15, -0.1) is 0 Å². The van der Waals surface area contributed by atoms with Gasteiger partial charge in [0.2, 0.25) is 0 Å². The SMILES string of the molecule is CC.Cc1cc(N)n[nH]1. The number of nitrogens with two attached hydrogens (primary N) is 1. The number of hydrogen-bond acceptors (Lipinski definition) is 2. The number of H-pyrrole nitrogens is 1. The van der Waals surface area contributed by atoms with Crippen LogP contribution in [0.25, 0.3) is 0 Å². The van der Waals surface area contributed by atoms with Crippen molar-refractivity contribution in [2.45, 2.75) is 20.8 Å². The van der Waals surface area contributed by atoms with Gasteiger partial charge in [-0.3, -0.25) is 5.10 Å². The summed E-state index contributed by atoms with van der Waals surface area (Å²) in [6.07, 6.45) is 0. The number of nitrogens with zero attached hydrogens (tertiary/aromatic N) is 1. The highest BCUT2D eigenvalue weighted by atomic mass is 15.1. The third-order valence-electron chi connectivity index (χ3n) is 0.726. The molecule has 52 valence electrons. The lowest BCUT2D eigenvalue weighted by molar-refractivity contribution is 1.05. The second-order valence-electron chi connectivity index (χ2n) is 1.48. The monoisotopic (exact) mass is 127 g/mol. The number of nitrogens with one attached hydrogen (secondary N) is 1. The highest BCUT2D eigenvalue weighted by molar-refractivity contribution is 5.27. The van der Waals surface area contributed by atoms with Crippen LogP contribution in [0.1, 0.15) is 19.5 Å². The van der Waals surface area contributed by atoms with Gasteiger partial charge in [-0.2, -0.15) is 5.10 Å². The average Bonchev–Trinajstić information content (AvgIpc) is 2.20. The van der Waals surface area contributed by atoms with Gasteiger partial charge in [-0.05, 0) is 6.92 Å². The molecule has 1 heterocycles. The van der Waals surface area contributed by atoms with Crippen LogP contribution in [-0.4, -0.2) is 10.2 Å². The fourth-order valence-electron chi connectivity index (χ4n) is 0.439. The van der Waals surface area contributed by atoms with Crippen LogP contribution < -0.4 is 5.73 Å². The maximum atomic E-state index is 5.24. The van der Waals surface area contributed by atoms with Gasteiger partial charge in [0.1, 0.15) is 5.82 Å². The molecular formula is C6H13N3. The molecule has 3 heteroatoms. The zero-order chi connectivity index (χ0) is 7.28. The Morgan fingerprint density at radius 1 is 1.56 bits per heavy atom. The predicted molar refractivity (Wildman–Crippen MR) is 39.1 cm³/mol. The third kappa shape index (κ3) is 2.74. The van der Waals surface area contributed by atoms with Gasteiger partial charge >= 0.3 is 0 Å². The maximum Gasteiger partial charge on any atom is 0.145 e. The molecule has 0 bridgehead atoms. The smallest absolute Gasteiger partial charge is 0.145 e. The number of nitrogen functional groups attached to an aromatic ring is 1. The summed E-state index contributed by atoms with van der Waals surface area (Å²) in [7, 11) is 0. The number of rotatable bonds is 0. The number of anilines is 1. The van der Waals surface area contributed by atoms with E-state index in [-0.39, 0.29) is 0 Å². The Morgan fingerprint density at radius 3 is 2.22 bits per heavy atom. The summed E-state index contributed by atoms with van der Waals surface area (Å²) in [5.74, 6) is 0.553. The fourth-order valence-corrected chi connectivity index (χ4v) is 0.439. The molecule has 0 aromatic carbocycles. The summed E-state index contributed by atoms with van der Waals surface area (Å²) < 4.78 is 0. The average molecular weight is 127 g/mol. The van der Waals surface area contributed by atoms with E-state index in [1.807, 2.05) is 20.8 Å². The van der Waals surface area contributed by atoms with Crippen LogP contribution in [0.5, 0.6) is 0 Å². The first-order valence-corrected chi connectivity index (χ1v) is 3.06. The van der Waals surface area contributed by atoms with Crippen LogP contribution in [0.2, 0.25) is 0 Å². The van der Waals surface area contributed by atoms with Crippen molar-refractivity contribution in [3.05, 3.63) is 11.8 Å². The van der Waals surface area contributed by atoms with E-state index >= 15 is 0 Å². The van der Waals surface area contributed by atoms with Crippen molar-refractivity contribution in [3.8, 4) is 0 Å². The van der Waals surface area contributed by atoms with E-state index in [4.69, 9.17) is 5.73 Å². The molecule has 0 saturated heterocycles. The molecule has 1 rings (SSSR count). The van der Waals surface area contributed by atoms with Crippen molar-refractivity contribution in [2.75, 3.05) is 5.73 Å². The highest BCUT2D eigenvalue weighted by Crippen LogP contribution is 1.95. The Morgan fingerprint density at radius 2 is 2.11 bits per heavy atom. The van der Waals surface area contributed by atoms with Crippen molar-refractivity contribution >= 4 is 5.82 Å². The molecule has 0 fully saturated rings. The molecule has 0 saturated carbocycles. The first-order valence-electron chi connectivity index (χ1n) is 3.06. The van der Waals surface area contributed by atoms with Gasteiger partial charge in [0.25, 0.3) is 0 Å². The topological polar surface area (TPSA) is 54.7 Å². The Balaban J connectivity index is 0.000000291. The van der Waals surface area contributed by atoms with E-state index in [0.29, 0.717) is 5.82 Å². The normalized spacial score (nSPS) is 7.89. The van der Waals surface area contributed by atoms with Crippen LogP contribution >= 0.6 is 0 Å². The molecule has 1 aromatic rings. The van der Waals surface area contributed by atoms with Crippen molar-refractivity contribution in [1.82, 2.24) is 10.2 Å². The molecule has 0 radical (unpaired) electrons. The zero-order valence-electron chi connectivity index (χ0n) is 6.10. The summed E-state index contributed by atoms with van der Waals surface area (Å²) in [4.78, 5) is 0. The van der Waals surface area contributed by atoms with E-state index < -0.39 is 0 Å². The minimum Gasteiger partial charge on any atom is -0.382 e. The van der Waals surface area contributed by atoms with E-state index in [0.717, 1.165) is 5.69 Å². The van der Waals surface area contributed by atoms with Gasteiger partial charge < -0.3 is 5.73 Å². The summed E-state index contributed by atoms with van der Waals surface area (Å²) in [6.45, 7) is 5.91. The predicted octanol–water partition coefficient (Wildman–Crippen LogP) is 1.33. The van der Waals surface area contributed by atoms with Gasteiger partial charge in [0.15, 0.2) is 0 Å². The van der Waals surface area contributed by atoms with Crippen molar-refractivity contribution in [1.29, 1.82) is 0 Å². The van der Waals surface area contributed by atoms with Gasteiger partial charge in [0, 0.05) is 11.8 Å². The van der Waals surface area contributed by atoms with Crippen molar-refractivity contribution in [2.24, 2.45) is 0 Å². The van der Waals surface area contributed by atoms with Crippen molar-refractivity contribution < 1.29 is 0 Å². The third-order valence-corrected chi connectivity index (χ3v) is 0.726. The molecule has 0 aliphatic heterocycles. The number of aromatic amines is 1. The van der Waals surface area contributed by atoms with Crippen LogP contribution in [0.15, 0.2) is 6.07 Å². The summed E-state index contributed by atoms with van der Waals surface area (Å²) in [6, 6.07) is 1.78. The molecule has 0 aliphatic carbocycles. The van der Waals surface area contributed by atoms with Crippen molar-refractivity contribution in [3.63, 3.8) is 0 Å². The fraction of sp³-hybridized carbons (Fsp3) is 0.500. The molecule has 0 aliphatic rings. The van der Waals surface area contributed by atoms with E-state index in [1.54, 1.807) is 6.07 Å². The second-order valence-corrected chi connectivity index (χ2v) is 1.48. The summed E-state index contributed by atoms with van der Waals surface area (Å²) in [5.41, 5.74) is 6.23. The van der Waals surface area contributed by atoms with Gasteiger partial charge in [-0.1, -0.05) is 13.8 Å². The quantitative estimate of drug-likeness (QED) is 0.552. The first-order chi connectivity index (χ1) is 4.29. The van der Waals surface area contributed by atoms with Crippen LogP contribution in [0.3, 0.4) is 0 Å². The second kappa shape index (κ2) is 3.95. The summed E-state index contributed by atoms with van der Waals surface area (Å²) >= 11 is 0. The molecular weight excluding hydrogens is 114 g/mol. The zero-order valence-corrected chi connectivity index (χ0v) is 6.10. The molecule has 0 amide bonds. The standard InChI is InChI=1S/C4H7N3.C2H6/c1-3-2-4(5)7-6-3;1-2/h2H,1H3,(H3,5,6,7);1-2H3. The molecule has 3 nitrogen and oxygen atoms in total. The van der Waals surface area contributed by atoms with Gasteiger partial charge in [-0.25, -0.2) is 0 Å². The van der Waals surface area contributed by atoms with E-state index in [1.165, 1.54) is 0 Å². The Bertz CT molecular complexity index is 141. The van der Waals surface area contributed by atoms with Crippen LogP contribution in [0.4, 0.5) is 5.82 Å². The molecule has 0 atom stereocenters. The lowest BCUT2D eigenvalue weighted by atomic mass is 10.5. The molecule has 0 unspecified atom stereocenters. The van der Waals surface area contributed by atoms with Gasteiger partial charge in [0.05, 0.1) is 0 Å². The minimum atomic E-state index is 0.553. The lowest BCUT2D eigenvalue weighted by Crippen LogP contribution is -1.81. The Labute approximate surface area is 55.3 Å². The summed E-state index contributed by atoms with van der Waals surface area (Å²) in [5, 5.41) is 6.36. The van der Waals surface area contributed by atoms with E-state index in [2.05, 4.69) is 10.2 Å². The lowest BCUT2D eigenvalue weighted by Gasteiger charge is -1.68. The largest absolute Gasteiger partial charge is 0.382 e. The Kier molecular flexibility index (Phi) is 3.51. The van der Waals surface area contributed by atoms with Crippen LogP contribution in [-0.2, 0) is 0 Å². The number of hydrogen-bond donors (Lipinski definition) is 2. The maximum absolute atomic E-state index is 5.24. The molecule has 3 N–H and O–H groups in total. The molecule has 1 aromatic heterocycles. The minimum absolute atomic E-state index is 0.553. The van der Waals surface area contributed by atoms with E-state index in [9.17, 15) is 0 Å². The highest BCUT2D eigenvalue weighted by Gasteiger charge is 1.85. The first kappa shape index (κ1) is 8.01. The molecule has 0 spiro atoms. The van der Waals surface area contributed by atoms with Crippen LogP contribution in [0, 0.1) is 6.92 Å².